The fourth-order valence-corrected chi connectivity index (χ4v) is 3.50. The predicted octanol–water partition coefficient (Wildman–Crippen LogP) is 2.37. The van der Waals surface area contributed by atoms with Crippen molar-refractivity contribution in [2.45, 2.75) is 38.1 Å². The van der Waals surface area contributed by atoms with Gasteiger partial charge in [0.15, 0.2) is 0 Å². The molecule has 1 aromatic heterocycles. The summed E-state index contributed by atoms with van der Waals surface area (Å²) in [6, 6.07) is 6.46. The minimum Gasteiger partial charge on any atom is -0.370 e. The number of benzene rings is 1. The molecule has 7 nitrogen and oxygen atoms in total. The Morgan fingerprint density at radius 2 is 2.19 bits per heavy atom. The number of likely N-dealkylation sites (N-methyl/N-ethyl adjacent to an activating group) is 1. The Balaban J connectivity index is 1.51. The minimum absolute atomic E-state index is 0.287. The summed E-state index contributed by atoms with van der Waals surface area (Å²) in [5.74, 6) is 1.57. The Labute approximate surface area is 159 Å². The number of anilines is 3. The van der Waals surface area contributed by atoms with Gasteiger partial charge < -0.3 is 21.3 Å². The van der Waals surface area contributed by atoms with Crippen LogP contribution in [0.5, 0.6) is 0 Å². The average molecular weight is 366 g/mol. The van der Waals surface area contributed by atoms with Gasteiger partial charge in [0.25, 0.3) is 0 Å². The summed E-state index contributed by atoms with van der Waals surface area (Å²) in [5, 5.41) is 6.57. The van der Waals surface area contributed by atoms with Crippen molar-refractivity contribution in [2.75, 3.05) is 30.8 Å². The second kappa shape index (κ2) is 7.52. The average Bonchev–Trinajstić information content (AvgIpc) is 3.46. The first-order valence-electron chi connectivity index (χ1n) is 9.55. The van der Waals surface area contributed by atoms with Crippen molar-refractivity contribution in [1.82, 2.24) is 14.9 Å². The lowest BCUT2D eigenvalue weighted by atomic mass is 9.99. The summed E-state index contributed by atoms with van der Waals surface area (Å²) in [6.07, 6.45) is 5.60. The second-order valence-electron chi connectivity index (χ2n) is 7.51. The normalized spacial score (nSPS) is 16.6. The maximum atomic E-state index is 11.0. The lowest BCUT2D eigenvalue weighted by Gasteiger charge is -2.25. The smallest absolute Gasteiger partial charge is 0.229 e. The molecule has 1 fully saturated rings. The third kappa shape index (κ3) is 4.36. The third-order valence-electron chi connectivity index (χ3n) is 5.16. The summed E-state index contributed by atoms with van der Waals surface area (Å²) < 4.78 is 0. The Hall–Kier alpha value is -2.67. The number of fused-ring (bicyclic) bond motifs is 1. The van der Waals surface area contributed by atoms with Gasteiger partial charge in [-0.25, -0.2) is 4.98 Å². The molecule has 1 amide bonds. The van der Waals surface area contributed by atoms with Crippen LogP contribution in [-0.4, -0.2) is 40.9 Å². The van der Waals surface area contributed by atoms with Crippen LogP contribution in [0.15, 0.2) is 24.4 Å². The molecule has 27 heavy (non-hydrogen) atoms. The highest BCUT2D eigenvalue weighted by Crippen LogP contribution is 2.42. The summed E-state index contributed by atoms with van der Waals surface area (Å²) in [4.78, 5) is 22.5. The fraction of sp³-hybridized carbons (Fsp3) is 0.450. The summed E-state index contributed by atoms with van der Waals surface area (Å²) in [6.45, 7) is 2.55. The van der Waals surface area contributed by atoms with E-state index in [4.69, 9.17) is 5.73 Å². The van der Waals surface area contributed by atoms with E-state index in [0.717, 1.165) is 36.6 Å². The van der Waals surface area contributed by atoms with Gasteiger partial charge in [0.1, 0.15) is 5.82 Å². The first-order chi connectivity index (χ1) is 13.1. The number of aromatic nitrogens is 2. The molecule has 142 valence electrons. The molecule has 4 rings (SSSR count). The zero-order chi connectivity index (χ0) is 18.8. The van der Waals surface area contributed by atoms with Crippen molar-refractivity contribution >= 4 is 23.4 Å². The number of carbonyl (C=O) groups excluding carboxylic acids is 1. The van der Waals surface area contributed by atoms with Gasteiger partial charge in [-0.2, -0.15) is 4.98 Å². The molecular formula is C20H26N6O. The van der Waals surface area contributed by atoms with E-state index >= 15 is 0 Å². The van der Waals surface area contributed by atoms with Gasteiger partial charge in [0.05, 0.1) is 0 Å². The zero-order valence-corrected chi connectivity index (χ0v) is 15.7. The van der Waals surface area contributed by atoms with E-state index in [0.29, 0.717) is 18.4 Å². The molecule has 2 aliphatic rings. The molecule has 2 aromatic rings. The molecule has 1 aromatic carbocycles. The highest BCUT2D eigenvalue weighted by molar-refractivity contribution is 5.74. The van der Waals surface area contributed by atoms with Crippen LogP contribution in [0.1, 0.15) is 41.9 Å². The number of amides is 1. The number of primary amides is 1. The molecule has 1 saturated carbocycles. The Morgan fingerprint density at radius 3 is 2.96 bits per heavy atom. The van der Waals surface area contributed by atoms with Crippen molar-refractivity contribution in [3.8, 4) is 0 Å². The lowest BCUT2D eigenvalue weighted by molar-refractivity contribution is -0.117. The van der Waals surface area contributed by atoms with Crippen LogP contribution in [0.3, 0.4) is 0 Å². The van der Waals surface area contributed by atoms with Crippen LogP contribution >= 0.6 is 0 Å². The van der Waals surface area contributed by atoms with Crippen LogP contribution in [-0.2, 0) is 17.8 Å². The van der Waals surface area contributed by atoms with Gasteiger partial charge in [-0.1, -0.05) is 6.07 Å². The summed E-state index contributed by atoms with van der Waals surface area (Å²) >= 11 is 0. The first kappa shape index (κ1) is 17.7. The van der Waals surface area contributed by atoms with E-state index < -0.39 is 0 Å². The molecular weight excluding hydrogens is 340 g/mol. The minimum atomic E-state index is -0.318. The van der Waals surface area contributed by atoms with Crippen molar-refractivity contribution in [2.24, 2.45) is 5.73 Å². The topological polar surface area (TPSA) is 96.2 Å². The summed E-state index contributed by atoms with van der Waals surface area (Å²) in [5.41, 5.74) is 10.1. The molecule has 0 bridgehead atoms. The molecule has 0 radical (unpaired) electrons. The van der Waals surface area contributed by atoms with Crippen molar-refractivity contribution in [3.05, 3.63) is 41.1 Å². The number of nitrogens with zero attached hydrogens (tertiary/aromatic N) is 3. The van der Waals surface area contributed by atoms with Gasteiger partial charge in [-0.3, -0.25) is 4.79 Å². The van der Waals surface area contributed by atoms with Gasteiger partial charge in [0, 0.05) is 43.5 Å². The molecule has 0 unspecified atom stereocenters. The molecule has 7 heteroatoms. The molecule has 2 heterocycles. The largest absolute Gasteiger partial charge is 0.370 e. The van der Waals surface area contributed by atoms with E-state index in [1.54, 1.807) is 0 Å². The number of hydrogen-bond donors (Lipinski definition) is 3. The van der Waals surface area contributed by atoms with Gasteiger partial charge in [-0.05, 0) is 55.5 Å². The van der Waals surface area contributed by atoms with Crippen LogP contribution in [0.2, 0.25) is 0 Å². The third-order valence-corrected chi connectivity index (χ3v) is 5.16. The Kier molecular flexibility index (Phi) is 4.94. The summed E-state index contributed by atoms with van der Waals surface area (Å²) in [7, 11) is 2.15. The second-order valence-corrected chi connectivity index (χ2v) is 7.51. The predicted molar refractivity (Wildman–Crippen MR) is 106 cm³/mol. The number of nitrogens with one attached hydrogen (secondary N) is 2. The number of rotatable bonds is 7. The lowest BCUT2D eigenvalue weighted by Crippen LogP contribution is -2.26. The van der Waals surface area contributed by atoms with Crippen LogP contribution in [0.4, 0.5) is 17.5 Å². The quantitative estimate of drug-likeness (QED) is 0.696. The van der Waals surface area contributed by atoms with Crippen molar-refractivity contribution in [3.63, 3.8) is 0 Å². The highest BCUT2D eigenvalue weighted by atomic mass is 16.1. The molecule has 0 spiro atoms. The number of nitrogens with two attached hydrogens (primary N) is 1. The highest BCUT2D eigenvalue weighted by Gasteiger charge is 2.27. The molecule has 4 N–H and O–H groups in total. The fourth-order valence-electron chi connectivity index (χ4n) is 3.50. The maximum absolute atomic E-state index is 11.0. The zero-order valence-electron chi connectivity index (χ0n) is 15.7. The molecule has 0 atom stereocenters. The Morgan fingerprint density at radius 1 is 1.33 bits per heavy atom. The molecule has 0 saturated heterocycles. The molecule has 1 aliphatic heterocycles. The van der Waals surface area contributed by atoms with Crippen LogP contribution in [0, 0.1) is 0 Å². The van der Waals surface area contributed by atoms with Crippen LogP contribution < -0.4 is 16.4 Å². The van der Waals surface area contributed by atoms with E-state index in [-0.39, 0.29) is 12.3 Å². The van der Waals surface area contributed by atoms with E-state index in [1.165, 1.54) is 24.0 Å². The molecule has 1 aliphatic carbocycles. The SMILES string of the molecule is CN1CCc2ccc(Nc3ncc(C4CC4)c(NCCC(N)=O)n3)cc2C1. The van der Waals surface area contributed by atoms with Crippen molar-refractivity contribution in [1.29, 1.82) is 0 Å². The number of hydrogen-bond acceptors (Lipinski definition) is 6. The monoisotopic (exact) mass is 366 g/mol. The van der Waals surface area contributed by atoms with Crippen LogP contribution in [0.25, 0.3) is 0 Å². The van der Waals surface area contributed by atoms with Gasteiger partial charge in [-0.15, -0.1) is 0 Å². The number of carbonyl (C=O) groups is 1. The van der Waals surface area contributed by atoms with E-state index in [1.807, 2.05) is 6.20 Å². The first-order valence-corrected chi connectivity index (χ1v) is 9.55. The van der Waals surface area contributed by atoms with Crippen molar-refractivity contribution < 1.29 is 4.79 Å². The maximum Gasteiger partial charge on any atom is 0.229 e. The van der Waals surface area contributed by atoms with Gasteiger partial charge in [0.2, 0.25) is 11.9 Å². The Bertz CT molecular complexity index is 848. The van der Waals surface area contributed by atoms with E-state index in [2.05, 4.69) is 50.7 Å². The van der Waals surface area contributed by atoms with E-state index in [9.17, 15) is 4.79 Å². The standard InChI is InChI=1S/C20H26N6O/c1-26-9-7-13-4-5-16(10-15(13)12-26)24-20-23-11-17(14-2-3-14)19(25-20)22-8-6-18(21)27/h4-5,10-11,14H,2-3,6-9,12H2,1H3,(H2,21,27)(H2,22,23,24,25). The van der Waals surface area contributed by atoms with Gasteiger partial charge >= 0.3 is 0 Å².